The molecule has 6 heteroatoms. The average Bonchev–Trinajstić information content (AvgIpc) is 3.00. The fourth-order valence-electron chi connectivity index (χ4n) is 2.39. The summed E-state index contributed by atoms with van der Waals surface area (Å²) in [6.07, 6.45) is 3.30. The van der Waals surface area contributed by atoms with Gasteiger partial charge in [-0.05, 0) is 18.6 Å². The van der Waals surface area contributed by atoms with Gasteiger partial charge in [0.2, 0.25) is 5.91 Å². The van der Waals surface area contributed by atoms with Crippen LogP contribution in [-0.2, 0) is 11.3 Å². The van der Waals surface area contributed by atoms with E-state index >= 15 is 0 Å². The number of amides is 1. The lowest BCUT2D eigenvalue weighted by molar-refractivity contribution is -0.129. The molecular weight excluding hydrogens is 266 g/mol. The van der Waals surface area contributed by atoms with Crippen LogP contribution in [-0.4, -0.2) is 47.9 Å². The van der Waals surface area contributed by atoms with Crippen molar-refractivity contribution in [2.24, 2.45) is 4.99 Å². The molecule has 21 heavy (non-hydrogen) atoms. The number of aromatic nitrogens is 1. The van der Waals surface area contributed by atoms with E-state index in [4.69, 9.17) is 0 Å². The molecule has 1 atom stereocenters. The zero-order valence-corrected chi connectivity index (χ0v) is 12.7. The Hall–Kier alpha value is -2.11. The lowest BCUT2D eigenvalue weighted by Crippen LogP contribution is -2.44. The molecule has 0 aliphatic carbocycles. The monoisotopic (exact) mass is 289 g/mol. The second-order valence-electron chi connectivity index (χ2n) is 5.07. The van der Waals surface area contributed by atoms with Gasteiger partial charge in [0, 0.05) is 38.8 Å². The summed E-state index contributed by atoms with van der Waals surface area (Å²) in [5, 5.41) is 6.61. The van der Waals surface area contributed by atoms with E-state index < -0.39 is 0 Å². The summed E-state index contributed by atoms with van der Waals surface area (Å²) < 4.78 is 0. The minimum absolute atomic E-state index is 0.218. The van der Waals surface area contributed by atoms with Crippen LogP contribution >= 0.6 is 0 Å². The SMILES string of the molecule is CCC(=O)N1CCC(NC(=NC)NCc2ccccn2)C1. The van der Waals surface area contributed by atoms with Crippen LogP contribution in [0.25, 0.3) is 0 Å². The van der Waals surface area contributed by atoms with Crippen LogP contribution in [0, 0.1) is 0 Å². The van der Waals surface area contributed by atoms with E-state index in [9.17, 15) is 4.79 Å². The van der Waals surface area contributed by atoms with Gasteiger partial charge in [-0.25, -0.2) is 0 Å². The predicted molar refractivity (Wildman–Crippen MR) is 82.8 cm³/mol. The highest BCUT2D eigenvalue weighted by Crippen LogP contribution is 2.10. The summed E-state index contributed by atoms with van der Waals surface area (Å²) in [4.78, 5) is 22.1. The topological polar surface area (TPSA) is 69.6 Å². The highest BCUT2D eigenvalue weighted by molar-refractivity contribution is 5.80. The number of nitrogens with zero attached hydrogens (tertiary/aromatic N) is 3. The maximum atomic E-state index is 11.7. The average molecular weight is 289 g/mol. The Morgan fingerprint density at radius 2 is 2.38 bits per heavy atom. The Balaban J connectivity index is 1.80. The van der Waals surface area contributed by atoms with Gasteiger partial charge in [-0.1, -0.05) is 13.0 Å². The molecule has 0 saturated carbocycles. The van der Waals surface area contributed by atoms with Gasteiger partial charge in [0.1, 0.15) is 0 Å². The smallest absolute Gasteiger partial charge is 0.222 e. The van der Waals surface area contributed by atoms with Crippen LogP contribution in [0.4, 0.5) is 0 Å². The number of likely N-dealkylation sites (tertiary alicyclic amines) is 1. The van der Waals surface area contributed by atoms with Crippen molar-refractivity contribution in [1.29, 1.82) is 0 Å². The summed E-state index contributed by atoms with van der Waals surface area (Å²) >= 11 is 0. The summed E-state index contributed by atoms with van der Waals surface area (Å²) in [5.41, 5.74) is 0.967. The number of carbonyl (C=O) groups excluding carboxylic acids is 1. The van der Waals surface area contributed by atoms with Crippen molar-refractivity contribution in [1.82, 2.24) is 20.5 Å². The van der Waals surface area contributed by atoms with Crippen LogP contribution < -0.4 is 10.6 Å². The lowest BCUT2D eigenvalue weighted by atomic mass is 10.3. The van der Waals surface area contributed by atoms with Crippen LogP contribution in [0.5, 0.6) is 0 Å². The van der Waals surface area contributed by atoms with E-state index in [-0.39, 0.29) is 11.9 Å². The van der Waals surface area contributed by atoms with Gasteiger partial charge in [0.05, 0.1) is 12.2 Å². The largest absolute Gasteiger partial charge is 0.352 e. The molecule has 1 aromatic heterocycles. The molecular formula is C15H23N5O. The van der Waals surface area contributed by atoms with E-state index in [1.165, 1.54) is 0 Å². The van der Waals surface area contributed by atoms with E-state index in [0.29, 0.717) is 13.0 Å². The molecule has 0 aromatic carbocycles. The predicted octanol–water partition coefficient (Wildman–Crippen LogP) is 0.758. The fraction of sp³-hybridized carbons (Fsp3) is 0.533. The third-order valence-electron chi connectivity index (χ3n) is 3.57. The molecule has 1 amide bonds. The summed E-state index contributed by atoms with van der Waals surface area (Å²) in [6.45, 7) is 4.10. The molecule has 2 heterocycles. The van der Waals surface area contributed by atoms with E-state index in [2.05, 4.69) is 20.6 Å². The molecule has 1 unspecified atom stereocenters. The third kappa shape index (κ3) is 4.44. The fourth-order valence-corrected chi connectivity index (χ4v) is 2.39. The third-order valence-corrected chi connectivity index (χ3v) is 3.57. The van der Waals surface area contributed by atoms with E-state index in [0.717, 1.165) is 31.2 Å². The van der Waals surface area contributed by atoms with Crippen LogP contribution in [0.3, 0.4) is 0 Å². The molecule has 1 fully saturated rings. The van der Waals surface area contributed by atoms with Crippen molar-refractivity contribution in [2.75, 3.05) is 20.1 Å². The highest BCUT2D eigenvalue weighted by atomic mass is 16.2. The first-order chi connectivity index (χ1) is 10.2. The van der Waals surface area contributed by atoms with E-state index in [1.54, 1.807) is 13.2 Å². The van der Waals surface area contributed by atoms with Gasteiger partial charge in [-0.3, -0.25) is 14.8 Å². The van der Waals surface area contributed by atoms with Gasteiger partial charge in [-0.2, -0.15) is 0 Å². The maximum Gasteiger partial charge on any atom is 0.222 e. The Morgan fingerprint density at radius 3 is 3.05 bits per heavy atom. The van der Waals surface area contributed by atoms with Crippen LogP contribution in [0.1, 0.15) is 25.5 Å². The molecule has 1 aliphatic heterocycles. The molecule has 0 spiro atoms. The van der Waals surface area contributed by atoms with Gasteiger partial charge in [-0.15, -0.1) is 0 Å². The van der Waals surface area contributed by atoms with Crippen molar-refractivity contribution in [3.63, 3.8) is 0 Å². The van der Waals surface area contributed by atoms with Crippen LogP contribution in [0.2, 0.25) is 0 Å². The number of nitrogens with one attached hydrogen (secondary N) is 2. The molecule has 1 saturated heterocycles. The zero-order chi connectivity index (χ0) is 15.1. The molecule has 6 nitrogen and oxygen atoms in total. The van der Waals surface area contributed by atoms with Crippen molar-refractivity contribution < 1.29 is 4.79 Å². The van der Waals surface area contributed by atoms with Gasteiger partial charge >= 0.3 is 0 Å². The molecule has 114 valence electrons. The minimum atomic E-state index is 0.218. The normalized spacial score (nSPS) is 18.7. The first-order valence-electron chi connectivity index (χ1n) is 7.37. The second-order valence-corrected chi connectivity index (χ2v) is 5.07. The zero-order valence-electron chi connectivity index (χ0n) is 12.7. The van der Waals surface area contributed by atoms with Gasteiger partial charge < -0.3 is 15.5 Å². The number of rotatable bonds is 4. The summed E-state index contributed by atoms with van der Waals surface area (Å²) in [5.74, 6) is 0.965. The Bertz CT molecular complexity index is 488. The quantitative estimate of drug-likeness (QED) is 0.634. The first kappa shape index (κ1) is 15.3. The number of aliphatic imine (C=N–C) groups is 1. The van der Waals surface area contributed by atoms with E-state index in [1.807, 2.05) is 30.0 Å². The first-order valence-corrected chi connectivity index (χ1v) is 7.37. The lowest BCUT2D eigenvalue weighted by Gasteiger charge is -2.18. The Labute approximate surface area is 125 Å². The standard InChI is InChI=1S/C15H23N5O/c1-3-14(21)20-9-7-13(11-20)19-15(16-2)18-10-12-6-4-5-8-17-12/h4-6,8,13H,3,7,9-11H2,1-2H3,(H2,16,18,19). The number of pyridine rings is 1. The molecule has 1 aliphatic rings. The number of hydrogen-bond acceptors (Lipinski definition) is 3. The molecule has 0 bridgehead atoms. The number of guanidine groups is 1. The molecule has 1 aromatic rings. The second kappa shape index (κ2) is 7.61. The molecule has 0 radical (unpaired) electrons. The highest BCUT2D eigenvalue weighted by Gasteiger charge is 2.25. The molecule has 2 N–H and O–H groups in total. The van der Waals surface area contributed by atoms with Gasteiger partial charge in [0.15, 0.2) is 5.96 Å². The molecule has 2 rings (SSSR count). The Morgan fingerprint density at radius 1 is 1.52 bits per heavy atom. The van der Waals surface area contributed by atoms with Gasteiger partial charge in [0.25, 0.3) is 0 Å². The minimum Gasteiger partial charge on any atom is -0.352 e. The van der Waals surface area contributed by atoms with Crippen molar-refractivity contribution in [3.05, 3.63) is 30.1 Å². The van der Waals surface area contributed by atoms with Crippen molar-refractivity contribution in [2.45, 2.75) is 32.4 Å². The summed E-state index contributed by atoms with van der Waals surface area (Å²) in [6, 6.07) is 6.09. The van der Waals surface area contributed by atoms with Crippen molar-refractivity contribution >= 4 is 11.9 Å². The number of carbonyl (C=O) groups is 1. The maximum absolute atomic E-state index is 11.7. The summed E-state index contributed by atoms with van der Waals surface area (Å²) in [7, 11) is 1.75. The van der Waals surface area contributed by atoms with Crippen molar-refractivity contribution in [3.8, 4) is 0 Å². The number of hydrogen-bond donors (Lipinski definition) is 2. The van der Waals surface area contributed by atoms with Crippen LogP contribution in [0.15, 0.2) is 29.4 Å². The Kier molecular flexibility index (Phi) is 5.54.